The van der Waals surface area contributed by atoms with Crippen LogP contribution in [0.15, 0.2) is 364 Å². The molecule has 8 nitrogen and oxygen atoms in total. The van der Waals surface area contributed by atoms with E-state index in [0.29, 0.717) is 5.82 Å². The largest absolute Gasteiger partial charge is 0.316 e. The number of rotatable bonds is 9. The Labute approximate surface area is 617 Å². The van der Waals surface area contributed by atoms with Crippen molar-refractivity contribution >= 4 is 98.0 Å². The molecule has 0 aliphatic heterocycles. The summed E-state index contributed by atoms with van der Waals surface area (Å²) in [4.78, 5) is 21.0. The van der Waals surface area contributed by atoms with Crippen LogP contribution in [-0.4, -0.2) is 38.2 Å². The summed E-state index contributed by atoms with van der Waals surface area (Å²) >= 11 is 0. The average Bonchev–Trinajstić information content (AvgIpc) is 1.59. The molecule has 6 aromatic heterocycles. The van der Waals surface area contributed by atoms with Crippen LogP contribution in [0.5, 0.6) is 0 Å². The SMILES string of the molecule is CC1(C)c2ccccc2-c2ccc(-c3nc(-c4ccc5c(c4)c4cc6ccn(-c7ccccc7)c6cc4n5-c4ccccc4)nc4ccccc34)cc21.c1ccc(-n2ccc3cc4c5cc(-c6nc(-c7ccc(-c8cccc9ccccc89)cc7)c7ccccc7n6)ccc5n(-c5ccccc5)c4cc32)cc1. The summed E-state index contributed by atoms with van der Waals surface area (Å²) in [6.07, 6.45) is 4.33. The van der Waals surface area contributed by atoms with Gasteiger partial charge in [0.2, 0.25) is 0 Å². The van der Waals surface area contributed by atoms with Gasteiger partial charge in [0.1, 0.15) is 0 Å². The lowest BCUT2D eigenvalue weighted by molar-refractivity contribution is 0.660. The number of fused-ring (bicyclic) bond motifs is 14. The topological polar surface area (TPSA) is 71.3 Å². The van der Waals surface area contributed by atoms with Gasteiger partial charge in [0.25, 0.3) is 0 Å². The molecule has 0 unspecified atom stereocenters. The lowest BCUT2D eigenvalue weighted by Gasteiger charge is -2.22. The van der Waals surface area contributed by atoms with E-state index in [0.717, 1.165) is 106 Å². The molecule has 0 N–H and O–H groups in total. The van der Waals surface area contributed by atoms with Gasteiger partial charge in [-0.3, -0.25) is 0 Å². The Morgan fingerprint density at radius 2 is 0.645 bits per heavy atom. The van der Waals surface area contributed by atoms with E-state index in [-0.39, 0.29) is 5.41 Å². The molecule has 0 amide bonds. The molecular formula is C99H66N8. The van der Waals surface area contributed by atoms with Gasteiger partial charge in [-0.2, -0.15) is 0 Å². The van der Waals surface area contributed by atoms with Crippen molar-refractivity contribution in [1.82, 2.24) is 38.2 Å². The summed E-state index contributed by atoms with van der Waals surface area (Å²) < 4.78 is 9.30. The number of para-hydroxylation sites is 6. The summed E-state index contributed by atoms with van der Waals surface area (Å²) in [5, 5.41) is 11.7. The van der Waals surface area contributed by atoms with E-state index in [1.54, 1.807) is 0 Å². The third kappa shape index (κ3) is 10.1. The van der Waals surface area contributed by atoms with Crippen LogP contribution in [0.3, 0.4) is 0 Å². The molecule has 1 aliphatic rings. The zero-order chi connectivity index (χ0) is 70.8. The summed E-state index contributed by atoms with van der Waals surface area (Å²) in [5.41, 5.74) is 27.0. The van der Waals surface area contributed by atoms with Crippen molar-refractivity contribution in [2.24, 2.45) is 0 Å². The molecule has 15 aromatic carbocycles. The fraction of sp³-hybridized carbons (Fsp3) is 0.0303. The van der Waals surface area contributed by atoms with Crippen molar-refractivity contribution in [2.45, 2.75) is 19.3 Å². The van der Waals surface area contributed by atoms with Gasteiger partial charge in [-0.05, 0) is 184 Å². The molecule has 0 bridgehead atoms. The maximum Gasteiger partial charge on any atom is 0.160 e. The third-order valence-electron chi connectivity index (χ3n) is 22.1. The van der Waals surface area contributed by atoms with Crippen LogP contribution in [0.25, 0.3) is 188 Å². The molecule has 0 saturated heterocycles. The van der Waals surface area contributed by atoms with Crippen molar-refractivity contribution in [3.05, 3.63) is 375 Å². The van der Waals surface area contributed by atoms with Gasteiger partial charge in [0, 0.05) is 106 Å². The van der Waals surface area contributed by atoms with E-state index in [1.807, 2.05) is 0 Å². The first-order chi connectivity index (χ1) is 52.8. The average molecular weight is 1370 g/mol. The molecule has 107 heavy (non-hydrogen) atoms. The highest BCUT2D eigenvalue weighted by molar-refractivity contribution is 6.16. The highest BCUT2D eigenvalue weighted by Crippen LogP contribution is 2.50. The van der Waals surface area contributed by atoms with Crippen LogP contribution < -0.4 is 0 Å². The number of hydrogen-bond acceptors (Lipinski definition) is 4. The van der Waals surface area contributed by atoms with Gasteiger partial charge in [0.05, 0.1) is 55.5 Å². The second-order valence-corrected chi connectivity index (χ2v) is 28.6. The van der Waals surface area contributed by atoms with Crippen LogP contribution >= 0.6 is 0 Å². The first-order valence-corrected chi connectivity index (χ1v) is 36.6. The van der Waals surface area contributed by atoms with E-state index in [2.05, 4.69) is 396 Å². The fourth-order valence-electron chi connectivity index (χ4n) is 16.9. The molecule has 0 atom stereocenters. The van der Waals surface area contributed by atoms with Crippen molar-refractivity contribution < 1.29 is 0 Å². The Balaban J connectivity index is 0.000000137. The van der Waals surface area contributed by atoms with Crippen LogP contribution in [0.2, 0.25) is 0 Å². The van der Waals surface area contributed by atoms with E-state index in [4.69, 9.17) is 19.9 Å². The maximum absolute atomic E-state index is 5.38. The molecule has 0 fully saturated rings. The van der Waals surface area contributed by atoms with Crippen molar-refractivity contribution in [2.75, 3.05) is 0 Å². The summed E-state index contributed by atoms with van der Waals surface area (Å²) in [5.74, 6) is 1.43. The molecule has 1 aliphatic carbocycles. The number of hydrogen-bond donors (Lipinski definition) is 0. The Kier molecular flexibility index (Phi) is 14.1. The Morgan fingerprint density at radius 3 is 1.20 bits per heavy atom. The molecular weight excluding hydrogens is 1300 g/mol. The van der Waals surface area contributed by atoms with E-state index in [1.165, 1.54) is 87.5 Å². The normalized spacial score (nSPS) is 12.5. The summed E-state index contributed by atoms with van der Waals surface area (Å²) in [6.45, 7) is 4.66. The van der Waals surface area contributed by atoms with Gasteiger partial charge in [0.15, 0.2) is 11.6 Å². The zero-order valence-electron chi connectivity index (χ0n) is 58.7. The standard InChI is InChI=1S/C50H32N4.C49H34N4/c1-3-14-38(15-4-1)53-29-28-36-30-44-43-31-37(26-27-46(43)54(48(44)32-47(36)53)39-16-5-2-6-17-39)50-51-45-21-10-9-19-42(45)49(52-50)35-24-22-34(23-25-35)41-20-11-13-33-12-7-8-18-40(33)41;1-49(2)41-19-11-9-17-36(41)37-23-21-32(29-42(37)49)47-38-18-10-12-20-43(38)50-48(51-47)33-22-24-44-39(28-33)40-27-31-25-26-52(34-13-5-3-6-14-34)45(31)30-46(40)53(44)35-15-7-4-8-16-35/h1-32H;3-30H,1-2H3. The molecule has 0 spiro atoms. The lowest BCUT2D eigenvalue weighted by atomic mass is 9.82. The molecule has 8 heteroatoms. The molecule has 502 valence electrons. The van der Waals surface area contributed by atoms with E-state index in [9.17, 15) is 0 Å². The molecule has 21 aromatic rings. The van der Waals surface area contributed by atoms with Crippen LogP contribution in [0.4, 0.5) is 0 Å². The summed E-state index contributed by atoms with van der Waals surface area (Å²) in [6, 6.07) is 126. The Hall–Kier alpha value is -14.1. The molecule has 6 heterocycles. The Bertz CT molecular complexity index is 7120. The molecule has 0 saturated carbocycles. The van der Waals surface area contributed by atoms with E-state index >= 15 is 0 Å². The smallest absolute Gasteiger partial charge is 0.160 e. The zero-order valence-corrected chi connectivity index (χ0v) is 58.7. The second-order valence-electron chi connectivity index (χ2n) is 28.6. The fourth-order valence-corrected chi connectivity index (χ4v) is 16.9. The highest BCUT2D eigenvalue weighted by atomic mass is 15.0. The minimum atomic E-state index is -0.0981. The van der Waals surface area contributed by atoms with Crippen molar-refractivity contribution in [1.29, 1.82) is 0 Å². The van der Waals surface area contributed by atoms with Crippen LogP contribution in [0, 0.1) is 0 Å². The lowest BCUT2D eigenvalue weighted by Crippen LogP contribution is -2.14. The van der Waals surface area contributed by atoms with Gasteiger partial charge >= 0.3 is 0 Å². The predicted octanol–water partition coefficient (Wildman–Crippen LogP) is 25.1. The number of aromatic nitrogens is 8. The third-order valence-corrected chi connectivity index (χ3v) is 22.1. The summed E-state index contributed by atoms with van der Waals surface area (Å²) in [7, 11) is 0. The maximum atomic E-state index is 5.38. The minimum Gasteiger partial charge on any atom is -0.316 e. The van der Waals surface area contributed by atoms with Gasteiger partial charge < -0.3 is 18.3 Å². The number of benzene rings is 15. The second kappa shape index (κ2) is 24.6. The Morgan fingerprint density at radius 1 is 0.234 bits per heavy atom. The van der Waals surface area contributed by atoms with Crippen LogP contribution in [0.1, 0.15) is 25.0 Å². The predicted molar refractivity (Wildman–Crippen MR) is 444 cm³/mol. The first kappa shape index (κ1) is 61.6. The van der Waals surface area contributed by atoms with Crippen molar-refractivity contribution in [3.8, 4) is 90.3 Å². The monoisotopic (exact) mass is 1370 g/mol. The molecule has 22 rings (SSSR count). The highest BCUT2D eigenvalue weighted by Gasteiger charge is 2.36. The van der Waals surface area contributed by atoms with Gasteiger partial charge in [-0.15, -0.1) is 0 Å². The molecule has 0 radical (unpaired) electrons. The minimum absolute atomic E-state index is 0.0981. The van der Waals surface area contributed by atoms with E-state index < -0.39 is 0 Å². The van der Waals surface area contributed by atoms with Gasteiger partial charge in [-0.1, -0.05) is 226 Å². The van der Waals surface area contributed by atoms with Crippen LogP contribution in [-0.2, 0) is 5.41 Å². The number of nitrogens with zero attached hydrogens (tertiary/aromatic N) is 8. The van der Waals surface area contributed by atoms with Crippen molar-refractivity contribution in [3.63, 3.8) is 0 Å². The van der Waals surface area contributed by atoms with Gasteiger partial charge in [-0.25, -0.2) is 19.9 Å². The first-order valence-electron chi connectivity index (χ1n) is 36.6. The quantitative estimate of drug-likeness (QED) is 0.144.